The molecule has 2 aliphatic heterocycles. The summed E-state index contributed by atoms with van der Waals surface area (Å²) >= 11 is 0. The van der Waals surface area contributed by atoms with Crippen LogP contribution in [0.25, 0.3) is 0 Å². The van der Waals surface area contributed by atoms with E-state index >= 15 is 0 Å². The van der Waals surface area contributed by atoms with E-state index in [9.17, 15) is 4.79 Å². The number of carbonyl (C=O) groups is 1. The van der Waals surface area contributed by atoms with Crippen molar-refractivity contribution in [2.75, 3.05) is 13.2 Å². The van der Waals surface area contributed by atoms with Gasteiger partial charge in [-0.1, -0.05) is 19.9 Å². The van der Waals surface area contributed by atoms with Crippen LogP contribution in [-0.4, -0.2) is 31.6 Å². The molecule has 1 saturated heterocycles. The van der Waals surface area contributed by atoms with E-state index in [0.717, 1.165) is 26.1 Å². The van der Waals surface area contributed by atoms with Crippen LogP contribution in [0.3, 0.4) is 0 Å². The van der Waals surface area contributed by atoms with Crippen LogP contribution >= 0.6 is 0 Å². The summed E-state index contributed by atoms with van der Waals surface area (Å²) in [5.74, 6) is 0.249. The maximum atomic E-state index is 11.2. The Morgan fingerprint density at radius 1 is 1.35 bits per heavy atom. The maximum Gasteiger partial charge on any atom is 0.330 e. The van der Waals surface area contributed by atoms with E-state index in [0.29, 0.717) is 5.92 Å². The fourth-order valence-electron chi connectivity index (χ4n) is 2.31. The summed E-state index contributed by atoms with van der Waals surface area (Å²) in [6.45, 7) is 5.64. The Bertz CT molecular complexity index is 292. The molecule has 0 aromatic heterocycles. The molecule has 0 N–H and O–H groups in total. The van der Waals surface area contributed by atoms with Gasteiger partial charge in [0.2, 0.25) is 0 Å². The van der Waals surface area contributed by atoms with E-state index in [-0.39, 0.29) is 24.3 Å². The van der Waals surface area contributed by atoms with Crippen molar-refractivity contribution in [2.45, 2.75) is 39.1 Å². The molecule has 17 heavy (non-hydrogen) atoms. The predicted molar refractivity (Wildman–Crippen MR) is 62.3 cm³/mol. The minimum Gasteiger partial charge on any atom is -0.458 e. The molecule has 1 fully saturated rings. The minimum atomic E-state index is -0.245. The van der Waals surface area contributed by atoms with Crippen molar-refractivity contribution in [3.8, 4) is 0 Å². The van der Waals surface area contributed by atoms with E-state index in [1.807, 2.05) is 6.08 Å². The summed E-state index contributed by atoms with van der Waals surface area (Å²) in [5.41, 5.74) is 0. The number of esters is 1. The first-order valence-corrected chi connectivity index (χ1v) is 6.29. The van der Waals surface area contributed by atoms with Gasteiger partial charge in [0, 0.05) is 18.4 Å². The molecule has 2 atom stereocenters. The third-order valence-electron chi connectivity index (χ3n) is 3.17. The number of hydrogen-bond donors (Lipinski definition) is 0. The first-order chi connectivity index (χ1) is 8.16. The lowest BCUT2D eigenvalue weighted by molar-refractivity contribution is -0.192. The lowest BCUT2D eigenvalue weighted by Crippen LogP contribution is -2.37. The zero-order chi connectivity index (χ0) is 12.3. The van der Waals surface area contributed by atoms with Gasteiger partial charge in [-0.05, 0) is 12.3 Å². The van der Waals surface area contributed by atoms with Crippen LogP contribution < -0.4 is 0 Å². The first kappa shape index (κ1) is 12.6. The minimum absolute atomic E-state index is 0.0679. The summed E-state index contributed by atoms with van der Waals surface area (Å²) in [5, 5.41) is 0. The van der Waals surface area contributed by atoms with Crippen LogP contribution in [0.5, 0.6) is 0 Å². The molecular weight excluding hydrogens is 220 g/mol. The third-order valence-corrected chi connectivity index (χ3v) is 3.17. The van der Waals surface area contributed by atoms with E-state index in [1.54, 1.807) is 0 Å². The van der Waals surface area contributed by atoms with Gasteiger partial charge in [-0.3, -0.25) is 0 Å². The second-order valence-electron chi connectivity index (χ2n) is 4.93. The molecular formula is C13H20O4. The average Bonchev–Trinajstić information content (AvgIpc) is 2.32. The van der Waals surface area contributed by atoms with Crippen molar-refractivity contribution in [1.82, 2.24) is 0 Å². The molecule has 4 nitrogen and oxygen atoms in total. The molecule has 0 saturated carbocycles. The Balaban J connectivity index is 1.96. The zero-order valence-corrected chi connectivity index (χ0v) is 10.4. The number of hydrogen-bond acceptors (Lipinski definition) is 4. The average molecular weight is 240 g/mol. The van der Waals surface area contributed by atoms with Crippen molar-refractivity contribution >= 4 is 5.97 Å². The Hall–Kier alpha value is -0.870. The van der Waals surface area contributed by atoms with Crippen LogP contribution in [0, 0.1) is 11.8 Å². The summed E-state index contributed by atoms with van der Waals surface area (Å²) in [6, 6.07) is 0. The summed E-state index contributed by atoms with van der Waals surface area (Å²) in [4.78, 5) is 11.2. The van der Waals surface area contributed by atoms with Crippen molar-refractivity contribution in [2.24, 2.45) is 11.8 Å². The maximum absolute atomic E-state index is 11.2. The van der Waals surface area contributed by atoms with E-state index in [4.69, 9.17) is 14.2 Å². The number of ether oxygens (including phenoxy) is 3. The van der Waals surface area contributed by atoms with Crippen LogP contribution in [-0.2, 0) is 19.0 Å². The van der Waals surface area contributed by atoms with Crippen molar-refractivity contribution < 1.29 is 19.0 Å². The van der Waals surface area contributed by atoms with E-state index < -0.39 is 0 Å². The van der Waals surface area contributed by atoms with Gasteiger partial charge in [0.25, 0.3) is 0 Å². The Morgan fingerprint density at radius 2 is 2.06 bits per heavy atom. The molecule has 4 heteroatoms. The monoisotopic (exact) mass is 240 g/mol. The molecule has 0 radical (unpaired) electrons. The summed E-state index contributed by atoms with van der Waals surface area (Å²) in [7, 11) is 0. The quantitative estimate of drug-likeness (QED) is 0.707. The molecule has 0 aromatic carbocycles. The van der Waals surface area contributed by atoms with Gasteiger partial charge >= 0.3 is 5.97 Å². The fraction of sp³-hybridized carbons (Fsp3) is 0.769. The molecule has 0 bridgehead atoms. The fourth-order valence-corrected chi connectivity index (χ4v) is 2.31. The van der Waals surface area contributed by atoms with Gasteiger partial charge in [0.05, 0.1) is 13.2 Å². The number of rotatable bonds is 3. The molecule has 0 aromatic rings. The van der Waals surface area contributed by atoms with Gasteiger partial charge in [-0.2, -0.15) is 0 Å². The van der Waals surface area contributed by atoms with Crippen LogP contribution in [0.15, 0.2) is 12.2 Å². The van der Waals surface area contributed by atoms with Crippen LogP contribution in [0.4, 0.5) is 0 Å². The molecule has 0 unspecified atom stereocenters. The summed E-state index contributed by atoms with van der Waals surface area (Å²) in [6.07, 6.45) is 4.93. The largest absolute Gasteiger partial charge is 0.458 e. The van der Waals surface area contributed by atoms with Gasteiger partial charge < -0.3 is 14.2 Å². The Labute approximate surface area is 102 Å². The van der Waals surface area contributed by atoms with Gasteiger partial charge in [-0.15, -0.1) is 0 Å². The smallest absolute Gasteiger partial charge is 0.330 e. The first-order valence-electron chi connectivity index (χ1n) is 6.29. The molecule has 0 spiro atoms. The number of carbonyl (C=O) groups excluding carboxylic acids is 1. The molecule has 2 heterocycles. The van der Waals surface area contributed by atoms with Gasteiger partial charge in [-0.25, -0.2) is 4.79 Å². The SMILES string of the molecule is CC(C)[C@H]1OC(=O)C=C[C@H]1CC1OCCCO1. The Kier molecular flexibility index (Phi) is 4.18. The molecule has 2 rings (SSSR count). The molecule has 0 aliphatic carbocycles. The molecule has 0 amide bonds. The number of cyclic esters (lactones) is 1. The topological polar surface area (TPSA) is 44.8 Å². The van der Waals surface area contributed by atoms with Gasteiger partial charge in [0.1, 0.15) is 6.10 Å². The van der Waals surface area contributed by atoms with E-state index in [2.05, 4.69) is 13.8 Å². The third kappa shape index (κ3) is 3.30. The zero-order valence-electron chi connectivity index (χ0n) is 10.4. The second kappa shape index (κ2) is 5.65. The van der Waals surface area contributed by atoms with Crippen molar-refractivity contribution in [3.63, 3.8) is 0 Å². The predicted octanol–water partition coefficient (Wildman–Crippen LogP) is 1.89. The lowest BCUT2D eigenvalue weighted by atomic mass is 9.88. The molecule has 96 valence electrons. The van der Waals surface area contributed by atoms with Crippen LogP contribution in [0.2, 0.25) is 0 Å². The standard InChI is InChI=1S/C13H20O4/c1-9(2)13-10(4-5-11(14)17-13)8-12-15-6-3-7-16-12/h4-5,9-10,12-13H,3,6-8H2,1-2H3/t10-,13+/m0/s1. The highest BCUT2D eigenvalue weighted by Gasteiger charge is 2.32. The van der Waals surface area contributed by atoms with Gasteiger partial charge in [0.15, 0.2) is 6.29 Å². The van der Waals surface area contributed by atoms with Crippen molar-refractivity contribution in [1.29, 1.82) is 0 Å². The van der Waals surface area contributed by atoms with Crippen molar-refractivity contribution in [3.05, 3.63) is 12.2 Å². The highest BCUT2D eigenvalue weighted by molar-refractivity contribution is 5.83. The summed E-state index contributed by atoms with van der Waals surface area (Å²) < 4.78 is 16.4. The normalized spacial score (nSPS) is 30.6. The Morgan fingerprint density at radius 3 is 2.71 bits per heavy atom. The highest BCUT2D eigenvalue weighted by atomic mass is 16.7. The second-order valence-corrected chi connectivity index (χ2v) is 4.93. The highest BCUT2D eigenvalue weighted by Crippen LogP contribution is 2.28. The van der Waals surface area contributed by atoms with Crippen LogP contribution in [0.1, 0.15) is 26.7 Å². The molecule has 2 aliphatic rings. The van der Waals surface area contributed by atoms with E-state index in [1.165, 1.54) is 6.08 Å². The lowest BCUT2D eigenvalue weighted by Gasteiger charge is -2.33.